The molecule has 0 aliphatic carbocycles. The second-order valence-electron chi connectivity index (χ2n) is 7.57. The Bertz CT molecular complexity index is 1490. The molecular formula is C25H22F3N5OS. The number of anilines is 3. The largest absolute Gasteiger partial charge is 0.496 e. The van der Waals surface area contributed by atoms with Crippen LogP contribution >= 0.6 is 9.58 Å². The van der Waals surface area contributed by atoms with Gasteiger partial charge in [-0.05, 0) is 59.3 Å². The highest BCUT2D eigenvalue weighted by Gasteiger charge is 2.15. The molecule has 1 unspecified atom stereocenters. The third-order valence-electron chi connectivity index (χ3n) is 4.77. The molecule has 4 aromatic rings. The number of nitrogens with zero attached hydrogens (tertiary/aromatic N) is 2. The van der Waals surface area contributed by atoms with Gasteiger partial charge in [-0.3, -0.25) is 5.14 Å². The zero-order valence-corrected chi connectivity index (χ0v) is 19.5. The quantitative estimate of drug-likeness (QED) is 0.288. The van der Waals surface area contributed by atoms with Crippen molar-refractivity contribution in [3.05, 3.63) is 95.9 Å². The first kappa shape index (κ1) is 24.1. The number of methoxy groups -OCH3 is 1. The molecule has 3 aromatic carbocycles. The maximum absolute atomic E-state index is 14.5. The van der Waals surface area contributed by atoms with Gasteiger partial charge in [0.1, 0.15) is 23.1 Å². The molecule has 180 valence electrons. The van der Waals surface area contributed by atoms with Crippen molar-refractivity contribution >= 4 is 38.1 Å². The number of nitrogens with two attached hydrogens (primary N) is 1. The van der Waals surface area contributed by atoms with Crippen LogP contribution in [0, 0.1) is 17.5 Å². The third kappa shape index (κ3) is 6.11. The maximum Gasteiger partial charge on any atom is 0.227 e. The Hall–Kier alpha value is -4.02. The molecule has 0 bridgehead atoms. The average molecular weight is 498 g/mol. The smallest absolute Gasteiger partial charge is 0.227 e. The minimum Gasteiger partial charge on any atom is -0.496 e. The van der Waals surface area contributed by atoms with Gasteiger partial charge < -0.3 is 14.8 Å². The molecule has 1 aromatic heterocycles. The molecule has 4 rings (SSSR count). The maximum atomic E-state index is 14.5. The van der Waals surface area contributed by atoms with E-state index >= 15 is 0 Å². The lowest BCUT2D eigenvalue weighted by Crippen LogP contribution is -2.07. The minimum absolute atomic E-state index is 0.00715. The van der Waals surface area contributed by atoms with Gasteiger partial charge in [-0.15, -0.1) is 0 Å². The van der Waals surface area contributed by atoms with E-state index in [1.807, 2.05) is 30.3 Å². The van der Waals surface area contributed by atoms with Crippen LogP contribution in [0.1, 0.15) is 5.56 Å². The van der Waals surface area contributed by atoms with Gasteiger partial charge in [0.15, 0.2) is 5.82 Å². The lowest BCUT2D eigenvalue weighted by molar-refractivity contribution is 0.412. The fourth-order valence-electron chi connectivity index (χ4n) is 3.36. The van der Waals surface area contributed by atoms with E-state index < -0.39 is 27.0 Å². The summed E-state index contributed by atoms with van der Waals surface area (Å²) in [7, 11) is -0.855. The highest BCUT2D eigenvalue weighted by Crippen LogP contribution is 2.32. The number of aromatic nitrogens is 2. The van der Waals surface area contributed by atoms with E-state index in [9.17, 15) is 13.2 Å². The van der Waals surface area contributed by atoms with Crippen LogP contribution in [0.4, 0.5) is 30.5 Å². The Morgan fingerprint density at radius 1 is 0.971 bits per heavy atom. The third-order valence-corrected chi connectivity index (χ3v) is 6.08. The van der Waals surface area contributed by atoms with Crippen molar-refractivity contribution in [1.29, 1.82) is 0 Å². The molecule has 0 saturated heterocycles. The van der Waals surface area contributed by atoms with Gasteiger partial charge in [0, 0.05) is 23.0 Å². The Balaban J connectivity index is 1.64. The van der Waals surface area contributed by atoms with Gasteiger partial charge in [0.25, 0.3) is 0 Å². The average Bonchev–Trinajstić information content (AvgIpc) is 2.80. The predicted octanol–water partition coefficient (Wildman–Crippen LogP) is 5.60. The van der Waals surface area contributed by atoms with Crippen LogP contribution in [0.3, 0.4) is 0 Å². The van der Waals surface area contributed by atoms with E-state index in [2.05, 4.69) is 25.9 Å². The molecule has 0 spiro atoms. The van der Waals surface area contributed by atoms with Crippen LogP contribution in [-0.2, 0) is 0 Å². The van der Waals surface area contributed by atoms with Crippen molar-refractivity contribution in [1.82, 2.24) is 9.97 Å². The summed E-state index contributed by atoms with van der Waals surface area (Å²) in [6.07, 6.45) is 0.967. The molecular weight excluding hydrogens is 475 g/mol. The molecule has 0 aliphatic rings. The molecule has 6 nitrogen and oxygen atoms in total. The first-order valence-corrected chi connectivity index (χ1v) is 12.2. The van der Waals surface area contributed by atoms with E-state index in [-0.39, 0.29) is 23.0 Å². The van der Waals surface area contributed by atoms with E-state index in [4.69, 9.17) is 9.88 Å². The molecule has 0 fully saturated rings. The van der Waals surface area contributed by atoms with Gasteiger partial charge in [0.2, 0.25) is 5.95 Å². The number of hydrogen-bond donors (Lipinski definition) is 3. The normalized spacial score (nSPS) is 12.5. The van der Waals surface area contributed by atoms with Crippen molar-refractivity contribution in [2.75, 3.05) is 17.1 Å². The van der Waals surface area contributed by atoms with Crippen molar-refractivity contribution in [3.8, 4) is 17.0 Å². The SMILES string of the molecule is C=S(N)(=Cc1cc(F)cc(Nc2ncc(F)c(-c3ccc(F)cc3OC)n2)c1)Nc1ccccc1. The Kier molecular flexibility index (Phi) is 6.94. The monoisotopic (exact) mass is 497 g/mol. The highest BCUT2D eigenvalue weighted by atomic mass is 32.2. The summed E-state index contributed by atoms with van der Waals surface area (Å²) in [5, 5.41) is 10.8. The highest BCUT2D eigenvalue weighted by molar-refractivity contribution is 8.27. The fourth-order valence-corrected chi connectivity index (χ4v) is 4.61. The molecule has 1 heterocycles. The second kappa shape index (κ2) is 10.1. The van der Waals surface area contributed by atoms with Crippen LogP contribution in [0.2, 0.25) is 0 Å². The Morgan fingerprint density at radius 3 is 2.49 bits per heavy atom. The van der Waals surface area contributed by atoms with Crippen LogP contribution < -0.4 is 19.9 Å². The van der Waals surface area contributed by atoms with E-state index in [0.29, 0.717) is 11.3 Å². The lowest BCUT2D eigenvalue weighted by atomic mass is 10.1. The van der Waals surface area contributed by atoms with Crippen LogP contribution in [0.15, 0.2) is 72.9 Å². The van der Waals surface area contributed by atoms with Crippen LogP contribution in [0.5, 0.6) is 5.75 Å². The molecule has 4 N–H and O–H groups in total. The number of ether oxygens (including phenoxy) is 1. The first-order chi connectivity index (χ1) is 16.7. The van der Waals surface area contributed by atoms with Gasteiger partial charge in [-0.25, -0.2) is 23.1 Å². The number of rotatable bonds is 7. The number of halogens is 3. The lowest BCUT2D eigenvalue weighted by Gasteiger charge is -2.15. The van der Waals surface area contributed by atoms with Crippen LogP contribution in [0.25, 0.3) is 11.3 Å². The van der Waals surface area contributed by atoms with Crippen molar-refractivity contribution < 1.29 is 17.9 Å². The molecule has 1 atom stereocenters. The van der Waals surface area contributed by atoms with E-state index in [0.717, 1.165) is 18.0 Å². The molecule has 35 heavy (non-hydrogen) atoms. The number of hydrogen-bond acceptors (Lipinski definition) is 6. The topological polar surface area (TPSA) is 85.1 Å². The zero-order chi connectivity index (χ0) is 25.0. The van der Waals surface area contributed by atoms with Gasteiger partial charge in [-0.1, -0.05) is 27.8 Å². The number of benzene rings is 3. The van der Waals surface area contributed by atoms with Gasteiger partial charge in [-0.2, -0.15) is 0 Å². The summed E-state index contributed by atoms with van der Waals surface area (Å²) in [4.78, 5) is 8.12. The zero-order valence-electron chi connectivity index (χ0n) is 18.6. The van der Waals surface area contributed by atoms with Crippen LogP contribution in [-0.4, -0.2) is 28.3 Å². The molecule has 0 radical (unpaired) electrons. The minimum atomic E-state index is -2.20. The summed E-state index contributed by atoms with van der Waals surface area (Å²) in [5.74, 6) is 2.35. The summed E-state index contributed by atoms with van der Waals surface area (Å²) in [6, 6.07) is 17.2. The van der Waals surface area contributed by atoms with E-state index in [1.165, 1.54) is 31.4 Å². The Morgan fingerprint density at radius 2 is 1.74 bits per heavy atom. The molecule has 0 amide bonds. The summed E-state index contributed by atoms with van der Waals surface area (Å²) >= 11 is 0. The van der Waals surface area contributed by atoms with Crippen molar-refractivity contribution in [2.24, 2.45) is 5.14 Å². The predicted molar refractivity (Wildman–Crippen MR) is 138 cm³/mol. The standard InChI is InChI=1S/C25H22F3N5OS/c1-34-23-13-17(26)8-9-21(23)24-22(28)14-30-25(32-24)31-20-11-16(10-18(27)12-20)15-35(2,29)33-19-6-4-3-5-7-19/h3-15,33H,2,29H2,1H3,(H,30,31,32). The number of para-hydroxylation sites is 1. The first-order valence-electron chi connectivity index (χ1n) is 10.3. The van der Waals surface area contributed by atoms with Crippen molar-refractivity contribution in [2.45, 2.75) is 0 Å². The molecule has 0 aliphatic heterocycles. The Labute approximate surface area is 201 Å². The second-order valence-corrected chi connectivity index (χ2v) is 9.71. The fraction of sp³-hybridized carbons (Fsp3) is 0.0400. The molecule has 10 heteroatoms. The summed E-state index contributed by atoms with van der Waals surface area (Å²) in [5.41, 5.74) is 1.72. The van der Waals surface area contributed by atoms with Gasteiger partial charge in [0.05, 0.1) is 13.3 Å². The van der Waals surface area contributed by atoms with Crippen molar-refractivity contribution in [3.63, 3.8) is 0 Å². The summed E-state index contributed by atoms with van der Waals surface area (Å²) < 4.78 is 50.8. The van der Waals surface area contributed by atoms with Gasteiger partial charge >= 0.3 is 0 Å². The molecule has 0 saturated carbocycles. The number of nitrogens with one attached hydrogen (secondary N) is 2. The van der Waals surface area contributed by atoms with E-state index in [1.54, 1.807) is 11.4 Å². The summed E-state index contributed by atoms with van der Waals surface area (Å²) in [6.45, 7) is 0.